The van der Waals surface area contributed by atoms with Gasteiger partial charge in [0.05, 0.1) is 19.1 Å². The van der Waals surface area contributed by atoms with Crippen molar-refractivity contribution in [2.24, 2.45) is 5.92 Å². The summed E-state index contributed by atoms with van der Waals surface area (Å²) in [6.45, 7) is 5.45. The zero-order chi connectivity index (χ0) is 8.97. The Kier molecular flexibility index (Phi) is 3.29. The fourth-order valence-corrected chi connectivity index (χ4v) is 0.975. The number of rotatable bonds is 5. The number of carbonyl (C=O) groups excluding carboxylic acids is 1. The molecule has 0 saturated heterocycles. The second-order valence-electron chi connectivity index (χ2n) is 2.61. The summed E-state index contributed by atoms with van der Waals surface area (Å²) in [6, 6.07) is 0. The first-order valence-electron chi connectivity index (χ1n) is 4.24. The Bertz CT molecular complexity index is 196. The minimum atomic E-state index is -0.146. The third-order valence-corrected chi connectivity index (χ3v) is 1.68. The maximum atomic E-state index is 11.0. The van der Waals surface area contributed by atoms with Gasteiger partial charge in [0, 0.05) is 6.61 Å². The lowest BCUT2D eigenvalue weighted by Gasteiger charge is -2.00. The van der Waals surface area contributed by atoms with E-state index in [0.29, 0.717) is 19.8 Å². The fourth-order valence-electron chi connectivity index (χ4n) is 0.975. The van der Waals surface area contributed by atoms with E-state index in [1.54, 1.807) is 0 Å². The molecule has 3 heteroatoms. The number of carbonyl (C=O) groups is 1. The van der Waals surface area contributed by atoms with Gasteiger partial charge < -0.3 is 9.47 Å². The molecule has 0 aromatic carbocycles. The molecule has 1 atom stereocenters. The summed E-state index contributed by atoms with van der Waals surface area (Å²) in [5.41, 5.74) is 1.05. The van der Waals surface area contributed by atoms with Crippen LogP contribution in [0.25, 0.3) is 0 Å². The van der Waals surface area contributed by atoms with Gasteiger partial charge in [-0.15, -0.1) is 0 Å². The molecule has 1 aliphatic carbocycles. The van der Waals surface area contributed by atoms with Crippen LogP contribution in [0.4, 0.5) is 0 Å². The number of hydrogen-bond donors (Lipinski definition) is 0. The second-order valence-corrected chi connectivity index (χ2v) is 2.61. The minimum Gasteiger partial charge on any atom is -0.465 e. The Labute approximate surface area is 72.4 Å². The van der Waals surface area contributed by atoms with Gasteiger partial charge >= 0.3 is 5.97 Å². The molecule has 0 radical (unpaired) electrons. The van der Waals surface area contributed by atoms with Crippen LogP contribution in [0.15, 0.2) is 11.6 Å². The van der Waals surface area contributed by atoms with Crippen molar-refractivity contribution in [3.63, 3.8) is 0 Å². The molecule has 12 heavy (non-hydrogen) atoms. The van der Waals surface area contributed by atoms with Crippen LogP contribution in [0.5, 0.6) is 0 Å². The number of ether oxygens (including phenoxy) is 2. The molecule has 1 rings (SSSR count). The van der Waals surface area contributed by atoms with Crippen LogP contribution in [0.3, 0.4) is 0 Å². The molecule has 0 aromatic rings. The normalized spacial score (nSPS) is 20.2. The van der Waals surface area contributed by atoms with Crippen molar-refractivity contribution in [3.8, 4) is 0 Å². The molecule has 0 aromatic heterocycles. The molecule has 0 spiro atoms. The lowest BCUT2D eigenvalue weighted by atomic mass is 10.3. The number of hydrogen-bond acceptors (Lipinski definition) is 3. The summed E-state index contributed by atoms with van der Waals surface area (Å²) in [5, 5.41) is 0. The number of esters is 1. The summed E-state index contributed by atoms with van der Waals surface area (Å²) in [4.78, 5) is 11.0. The first-order chi connectivity index (χ1) is 5.79. The lowest BCUT2D eigenvalue weighted by Crippen LogP contribution is -2.09. The second kappa shape index (κ2) is 4.26. The van der Waals surface area contributed by atoms with Gasteiger partial charge in [-0.25, -0.2) is 0 Å². The molecule has 0 N–H and O–H groups in total. The van der Waals surface area contributed by atoms with Gasteiger partial charge in [0.25, 0.3) is 0 Å². The van der Waals surface area contributed by atoms with Crippen LogP contribution in [0.2, 0.25) is 0 Å². The predicted molar refractivity (Wildman–Crippen MR) is 44.7 cm³/mol. The average Bonchev–Trinajstić information content (AvgIpc) is 2.80. The maximum Gasteiger partial charge on any atom is 0.317 e. The van der Waals surface area contributed by atoms with Crippen molar-refractivity contribution >= 4 is 5.97 Å². The molecule has 1 aliphatic rings. The van der Waals surface area contributed by atoms with Crippen LogP contribution in [0.1, 0.15) is 13.8 Å². The Morgan fingerprint density at radius 1 is 1.50 bits per heavy atom. The van der Waals surface area contributed by atoms with Gasteiger partial charge in [-0.3, -0.25) is 4.79 Å². The van der Waals surface area contributed by atoms with E-state index in [0.717, 1.165) is 5.57 Å². The Morgan fingerprint density at radius 3 is 2.83 bits per heavy atom. The van der Waals surface area contributed by atoms with Crippen LogP contribution in [0, 0.1) is 5.92 Å². The van der Waals surface area contributed by atoms with E-state index >= 15 is 0 Å². The topological polar surface area (TPSA) is 35.5 Å². The quantitative estimate of drug-likeness (QED) is 0.458. The molecule has 0 saturated carbocycles. The third kappa shape index (κ3) is 2.34. The SMILES string of the molecule is CCOCC1=CC1C(=O)OCC. The molecular formula is C9H14O3. The smallest absolute Gasteiger partial charge is 0.317 e. The van der Waals surface area contributed by atoms with E-state index in [-0.39, 0.29) is 11.9 Å². The highest BCUT2D eigenvalue weighted by Crippen LogP contribution is 2.29. The van der Waals surface area contributed by atoms with Crippen molar-refractivity contribution in [3.05, 3.63) is 11.6 Å². The predicted octanol–water partition coefficient (Wildman–Crippen LogP) is 1.14. The van der Waals surface area contributed by atoms with Crippen molar-refractivity contribution in [1.82, 2.24) is 0 Å². The third-order valence-electron chi connectivity index (χ3n) is 1.68. The van der Waals surface area contributed by atoms with E-state index in [9.17, 15) is 4.79 Å². The van der Waals surface area contributed by atoms with E-state index in [1.165, 1.54) is 0 Å². The fraction of sp³-hybridized carbons (Fsp3) is 0.667. The minimum absolute atomic E-state index is 0.0866. The van der Waals surface area contributed by atoms with Gasteiger partial charge in [0.2, 0.25) is 0 Å². The molecule has 0 aliphatic heterocycles. The van der Waals surface area contributed by atoms with Gasteiger partial charge in [0.1, 0.15) is 0 Å². The highest BCUT2D eigenvalue weighted by atomic mass is 16.5. The van der Waals surface area contributed by atoms with E-state index in [1.807, 2.05) is 19.9 Å². The highest BCUT2D eigenvalue weighted by molar-refractivity contribution is 5.83. The molecule has 0 heterocycles. The van der Waals surface area contributed by atoms with Gasteiger partial charge in [0.15, 0.2) is 0 Å². The molecule has 68 valence electrons. The van der Waals surface area contributed by atoms with Gasteiger partial charge in [-0.05, 0) is 19.4 Å². The van der Waals surface area contributed by atoms with Crippen LogP contribution in [-0.4, -0.2) is 25.8 Å². The van der Waals surface area contributed by atoms with Gasteiger partial charge in [-0.1, -0.05) is 6.08 Å². The zero-order valence-electron chi connectivity index (χ0n) is 7.50. The monoisotopic (exact) mass is 170 g/mol. The summed E-state index contributed by atoms with van der Waals surface area (Å²) in [6.07, 6.45) is 1.88. The van der Waals surface area contributed by atoms with Crippen molar-refractivity contribution < 1.29 is 14.3 Å². The Hall–Kier alpha value is -0.830. The first-order valence-corrected chi connectivity index (χ1v) is 4.24. The lowest BCUT2D eigenvalue weighted by molar-refractivity contribution is -0.144. The largest absolute Gasteiger partial charge is 0.465 e. The summed E-state index contributed by atoms with van der Waals surface area (Å²) in [7, 11) is 0. The summed E-state index contributed by atoms with van der Waals surface area (Å²) in [5.74, 6) is -0.233. The van der Waals surface area contributed by atoms with E-state index in [2.05, 4.69) is 0 Å². The Balaban J connectivity index is 2.13. The molecular weight excluding hydrogens is 156 g/mol. The van der Waals surface area contributed by atoms with Crippen LogP contribution < -0.4 is 0 Å². The molecule has 0 amide bonds. The summed E-state index contributed by atoms with van der Waals surface area (Å²) >= 11 is 0. The van der Waals surface area contributed by atoms with E-state index in [4.69, 9.17) is 9.47 Å². The maximum absolute atomic E-state index is 11.0. The van der Waals surface area contributed by atoms with Gasteiger partial charge in [-0.2, -0.15) is 0 Å². The molecule has 1 unspecified atom stereocenters. The highest BCUT2D eigenvalue weighted by Gasteiger charge is 2.32. The van der Waals surface area contributed by atoms with Crippen molar-refractivity contribution in [1.29, 1.82) is 0 Å². The summed E-state index contributed by atoms with van der Waals surface area (Å²) < 4.78 is 9.97. The van der Waals surface area contributed by atoms with Crippen LogP contribution >= 0.6 is 0 Å². The molecule has 0 bridgehead atoms. The molecule has 3 nitrogen and oxygen atoms in total. The zero-order valence-corrected chi connectivity index (χ0v) is 7.50. The van der Waals surface area contributed by atoms with E-state index < -0.39 is 0 Å². The standard InChI is InChI=1S/C9H14O3/c1-3-11-6-7-5-8(7)9(10)12-4-2/h5,8H,3-4,6H2,1-2H3. The first kappa shape index (κ1) is 9.26. The van der Waals surface area contributed by atoms with Crippen molar-refractivity contribution in [2.75, 3.05) is 19.8 Å². The van der Waals surface area contributed by atoms with Crippen LogP contribution in [-0.2, 0) is 14.3 Å². The average molecular weight is 170 g/mol. The van der Waals surface area contributed by atoms with Crippen molar-refractivity contribution in [2.45, 2.75) is 13.8 Å². The Morgan fingerprint density at radius 2 is 2.25 bits per heavy atom. The molecule has 0 fully saturated rings.